The zero-order chi connectivity index (χ0) is 13.8. The van der Waals surface area contributed by atoms with Gasteiger partial charge < -0.3 is 5.32 Å². The molecule has 0 radical (unpaired) electrons. The van der Waals surface area contributed by atoms with Crippen molar-refractivity contribution in [1.82, 2.24) is 10.2 Å². The second kappa shape index (κ2) is 9.51. The van der Waals surface area contributed by atoms with Gasteiger partial charge in [0, 0.05) is 32.2 Å². The maximum Gasteiger partial charge on any atom is 0.194 e. The molecule has 122 valence electrons. The molecular weight excluding hydrogens is 324 g/mol. The number of nitrogens with one attached hydrogen (secondary N) is 1. The molecule has 2 rings (SSSR count). The lowest BCUT2D eigenvalue weighted by Crippen LogP contribution is -2.45. The zero-order valence-electron chi connectivity index (χ0n) is 11.9. The van der Waals surface area contributed by atoms with Crippen molar-refractivity contribution in [3.63, 3.8) is 0 Å². The van der Waals surface area contributed by atoms with Crippen LogP contribution in [0, 0.1) is 17.5 Å². The van der Waals surface area contributed by atoms with Gasteiger partial charge in [-0.3, -0.25) is 4.90 Å². The van der Waals surface area contributed by atoms with Crippen molar-refractivity contribution in [1.29, 1.82) is 0 Å². The first-order valence-corrected chi connectivity index (χ1v) is 6.72. The maximum absolute atomic E-state index is 13.4. The second-order valence-electron chi connectivity index (χ2n) is 4.89. The molecule has 0 bridgehead atoms. The van der Waals surface area contributed by atoms with Gasteiger partial charge in [0.1, 0.15) is 0 Å². The van der Waals surface area contributed by atoms with E-state index in [0.29, 0.717) is 5.56 Å². The monoisotopic (exact) mass is 344 g/mol. The van der Waals surface area contributed by atoms with Gasteiger partial charge in [-0.25, -0.2) is 13.2 Å². The molecule has 1 aromatic carbocycles. The van der Waals surface area contributed by atoms with Gasteiger partial charge in [0.15, 0.2) is 17.5 Å². The van der Waals surface area contributed by atoms with Gasteiger partial charge in [0.05, 0.1) is 0 Å². The fourth-order valence-corrected chi connectivity index (χ4v) is 2.59. The number of halogens is 5. The molecule has 0 spiro atoms. The Hall–Kier alpha value is -0.490. The Morgan fingerprint density at radius 2 is 1.62 bits per heavy atom. The van der Waals surface area contributed by atoms with Crippen LogP contribution in [-0.2, 0) is 0 Å². The summed E-state index contributed by atoms with van der Waals surface area (Å²) < 4.78 is 39.8. The number of nitrogens with zero attached hydrogens (tertiary/aromatic N) is 1. The van der Waals surface area contributed by atoms with Crippen molar-refractivity contribution < 1.29 is 13.2 Å². The minimum atomic E-state index is -1.39. The van der Waals surface area contributed by atoms with Crippen LogP contribution in [0.1, 0.15) is 31.4 Å². The molecule has 21 heavy (non-hydrogen) atoms. The fourth-order valence-electron chi connectivity index (χ4n) is 2.59. The standard InChI is InChI=1S/C14H19F3N2.2ClH/c1-2-3-13(19-6-4-18-5-7-19)10-8-11(15)14(17)12(16)9-10;;/h8-9,13,18H,2-7H2,1H3;2*1H/t13-;;/m1../s1. The van der Waals surface area contributed by atoms with Crippen molar-refractivity contribution in [2.45, 2.75) is 25.8 Å². The summed E-state index contributed by atoms with van der Waals surface area (Å²) in [7, 11) is 0. The molecule has 1 N–H and O–H groups in total. The number of hydrogen-bond acceptors (Lipinski definition) is 2. The number of piperazine rings is 1. The third-order valence-electron chi connectivity index (χ3n) is 3.55. The van der Waals surface area contributed by atoms with Crippen molar-refractivity contribution in [2.24, 2.45) is 0 Å². The lowest BCUT2D eigenvalue weighted by Gasteiger charge is -2.35. The topological polar surface area (TPSA) is 15.3 Å². The summed E-state index contributed by atoms with van der Waals surface area (Å²) in [5.74, 6) is -3.60. The Morgan fingerprint density at radius 3 is 2.10 bits per heavy atom. The smallest absolute Gasteiger partial charge is 0.194 e. The Balaban J connectivity index is 0.00000200. The summed E-state index contributed by atoms with van der Waals surface area (Å²) >= 11 is 0. The van der Waals surface area contributed by atoms with E-state index >= 15 is 0 Å². The minimum Gasteiger partial charge on any atom is -0.314 e. The Morgan fingerprint density at radius 1 is 1.10 bits per heavy atom. The molecule has 1 aromatic rings. The molecule has 2 nitrogen and oxygen atoms in total. The highest BCUT2D eigenvalue weighted by Crippen LogP contribution is 2.28. The van der Waals surface area contributed by atoms with Crippen LogP contribution in [0.25, 0.3) is 0 Å². The molecule has 1 saturated heterocycles. The molecule has 0 saturated carbocycles. The molecular formula is C14H21Cl2F3N2. The van der Waals surface area contributed by atoms with Gasteiger partial charge in [0.25, 0.3) is 0 Å². The Kier molecular flexibility index (Phi) is 9.29. The van der Waals surface area contributed by atoms with E-state index in [0.717, 1.165) is 51.2 Å². The van der Waals surface area contributed by atoms with E-state index in [9.17, 15) is 13.2 Å². The van der Waals surface area contributed by atoms with E-state index in [1.165, 1.54) is 0 Å². The lowest BCUT2D eigenvalue weighted by atomic mass is 9.99. The summed E-state index contributed by atoms with van der Waals surface area (Å²) in [4.78, 5) is 2.20. The van der Waals surface area contributed by atoms with Crippen LogP contribution in [-0.4, -0.2) is 31.1 Å². The van der Waals surface area contributed by atoms with Crippen LogP contribution < -0.4 is 5.32 Å². The van der Waals surface area contributed by atoms with Crippen molar-refractivity contribution >= 4 is 24.8 Å². The van der Waals surface area contributed by atoms with Crippen LogP contribution in [0.4, 0.5) is 13.2 Å². The van der Waals surface area contributed by atoms with E-state index in [4.69, 9.17) is 0 Å². The molecule has 0 amide bonds. The molecule has 0 aliphatic carbocycles. The quantitative estimate of drug-likeness (QED) is 0.838. The largest absolute Gasteiger partial charge is 0.314 e. The Bertz CT molecular complexity index is 417. The fraction of sp³-hybridized carbons (Fsp3) is 0.571. The highest BCUT2D eigenvalue weighted by atomic mass is 35.5. The van der Waals surface area contributed by atoms with Gasteiger partial charge in [-0.05, 0) is 24.1 Å². The van der Waals surface area contributed by atoms with E-state index < -0.39 is 17.5 Å². The number of rotatable bonds is 4. The van der Waals surface area contributed by atoms with Gasteiger partial charge in [-0.1, -0.05) is 13.3 Å². The first kappa shape index (κ1) is 20.5. The zero-order valence-corrected chi connectivity index (χ0v) is 13.5. The average Bonchev–Trinajstić information content (AvgIpc) is 2.42. The van der Waals surface area contributed by atoms with E-state index in [1.807, 2.05) is 6.92 Å². The molecule has 7 heteroatoms. The van der Waals surface area contributed by atoms with Crippen molar-refractivity contribution in [3.05, 3.63) is 35.1 Å². The highest BCUT2D eigenvalue weighted by Gasteiger charge is 2.23. The van der Waals surface area contributed by atoms with Crippen LogP contribution in [0.2, 0.25) is 0 Å². The van der Waals surface area contributed by atoms with E-state index in [1.54, 1.807) is 0 Å². The average molecular weight is 345 g/mol. The molecule has 0 aromatic heterocycles. The summed E-state index contributed by atoms with van der Waals surface area (Å²) in [5, 5.41) is 3.25. The molecule has 0 unspecified atom stereocenters. The predicted molar refractivity (Wildman–Crippen MR) is 82.9 cm³/mol. The SMILES string of the molecule is CCC[C@H](c1cc(F)c(F)c(F)c1)N1CCNCC1.Cl.Cl. The van der Waals surface area contributed by atoms with Crippen LogP contribution in [0.15, 0.2) is 12.1 Å². The Labute approximate surface area is 135 Å². The molecule has 1 aliphatic rings. The van der Waals surface area contributed by atoms with Crippen molar-refractivity contribution in [2.75, 3.05) is 26.2 Å². The van der Waals surface area contributed by atoms with E-state index in [2.05, 4.69) is 10.2 Å². The first-order chi connectivity index (χ1) is 9.13. The molecule has 1 aliphatic heterocycles. The van der Waals surface area contributed by atoms with E-state index in [-0.39, 0.29) is 30.9 Å². The molecule has 1 fully saturated rings. The summed E-state index contributed by atoms with van der Waals surface area (Å²) in [5.41, 5.74) is 0.528. The first-order valence-electron chi connectivity index (χ1n) is 6.72. The van der Waals surface area contributed by atoms with Crippen molar-refractivity contribution in [3.8, 4) is 0 Å². The van der Waals surface area contributed by atoms with Gasteiger partial charge in [-0.15, -0.1) is 24.8 Å². The highest BCUT2D eigenvalue weighted by molar-refractivity contribution is 5.85. The predicted octanol–water partition coefficient (Wildman–Crippen LogP) is 3.69. The number of benzene rings is 1. The maximum atomic E-state index is 13.4. The van der Waals surface area contributed by atoms with Gasteiger partial charge in [-0.2, -0.15) is 0 Å². The third kappa shape index (κ3) is 5.02. The summed E-state index contributed by atoms with van der Waals surface area (Å²) in [6, 6.07) is 2.21. The summed E-state index contributed by atoms with van der Waals surface area (Å²) in [6.45, 7) is 5.45. The van der Waals surface area contributed by atoms with Crippen LogP contribution in [0.5, 0.6) is 0 Å². The molecule has 1 heterocycles. The number of hydrogen-bond donors (Lipinski definition) is 1. The summed E-state index contributed by atoms with van der Waals surface area (Å²) in [6.07, 6.45) is 1.72. The van der Waals surface area contributed by atoms with Crippen LogP contribution in [0.3, 0.4) is 0 Å². The second-order valence-corrected chi connectivity index (χ2v) is 4.89. The van der Waals surface area contributed by atoms with Gasteiger partial charge in [0.2, 0.25) is 0 Å². The third-order valence-corrected chi connectivity index (χ3v) is 3.55. The van der Waals surface area contributed by atoms with Crippen LogP contribution >= 0.6 is 24.8 Å². The minimum absolute atomic E-state index is 0. The molecule has 1 atom stereocenters. The normalized spacial score (nSPS) is 16.8. The lowest BCUT2D eigenvalue weighted by molar-refractivity contribution is 0.164. The van der Waals surface area contributed by atoms with Gasteiger partial charge >= 0.3 is 0 Å².